The Morgan fingerprint density at radius 3 is 2.50 bits per heavy atom. The third-order valence-electron chi connectivity index (χ3n) is 3.66. The first kappa shape index (κ1) is 16.3. The first-order chi connectivity index (χ1) is 10.7. The van der Waals surface area contributed by atoms with Crippen molar-refractivity contribution in [2.24, 2.45) is 0 Å². The number of piperazine rings is 1. The first-order valence-corrected chi connectivity index (χ1v) is 7.65. The average molecular weight is 305 g/mol. The van der Waals surface area contributed by atoms with Gasteiger partial charge in [0, 0.05) is 44.8 Å². The van der Waals surface area contributed by atoms with E-state index in [1.54, 1.807) is 4.90 Å². The van der Waals surface area contributed by atoms with Crippen LogP contribution in [0.25, 0.3) is 0 Å². The molecule has 1 heterocycles. The summed E-state index contributed by atoms with van der Waals surface area (Å²) in [6.45, 7) is 6.42. The minimum Gasteiger partial charge on any atom is -0.494 e. The van der Waals surface area contributed by atoms with E-state index in [0.29, 0.717) is 13.0 Å². The number of amides is 2. The van der Waals surface area contributed by atoms with E-state index < -0.39 is 0 Å². The SMILES string of the molecule is CCOc1ccc(NC(=O)CCN2CCN(C=O)CC2)cc1. The van der Waals surface area contributed by atoms with Crippen LogP contribution < -0.4 is 10.1 Å². The maximum atomic E-state index is 12.0. The van der Waals surface area contributed by atoms with Crippen molar-refractivity contribution in [3.05, 3.63) is 24.3 Å². The molecule has 0 aromatic heterocycles. The Balaban J connectivity index is 1.70. The van der Waals surface area contributed by atoms with Gasteiger partial charge < -0.3 is 15.0 Å². The molecule has 120 valence electrons. The minimum absolute atomic E-state index is 0.00183. The molecular weight excluding hydrogens is 282 g/mol. The van der Waals surface area contributed by atoms with Gasteiger partial charge in [-0.2, -0.15) is 0 Å². The highest BCUT2D eigenvalue weighted by Crippen LogP contribution is 2.15. The van der Waals surface area contributed by atoms with Crippen LogP contribution in [0.15, 0.2) is 24.3 Å². The zero-order valence-electron chi connectivity index (χ0n) is 13.0. The molecule has 1 N–H and O–H groups in total. The number of carbonyl (C=O) groups excluding carboxylic acids is 2. The van der Waals surface area contributed by atoms with Crippen molar-refractivity contribution in [3.8, 4) is 5.75 Å². The Morgan fingerprint density at radius 2 is 1.91 bits per heavy atom. The molecule has 6 nitrogen and oxygen atoms in total. The van der Waals surface area contributed by atoms with Crippen molar-refractivity contribution >= 4 is 18.0 Å². The van der Waals surface area contributed by atoms with E-state index in [1.807, 2.05) is 31.2 Å². The normalized spacial score (nSPS) is 15.4. The monoisotopic (exact) mass is 305 g/mol. The van der Waals surface area contributed by atoms with Crippen LogP contribution in [0.4, 0.5) is 5.69 Å². The van der Waals surface area contributed by atoms with Crippen molar-refractivity contribution in [1.29, 1.82) is 0 Å². The Hall–Kier alpha value is -2.08. The van der Waals surface area contributed by atoms with Gasteiger partial charge in [-0.15, -0.1) is 0 Å². The molecule has 1 aromatic carbocycles. The third kappa shape index (κ3) is 5.04. The molecule has 22 heavy (non-hydrogen) atoms. The zero-order chi connectivity index (χ0) is 15.8. The Kier molecular flexibility index (Phi) is 6.21. The summed E-state index contributed by atoms with van der Waals surface area (Å²) >= 11 is 0. The molecule has 0 saturated carbocycles. The molecule has 2 rings (SSSR count). The van der Waals surface area contributed by atoms with Gasteiger partial charge in [-0.3, -0.25) is 14.5 Å². The summed E-state index contributed by atoms with van der Waals surface area (Å²) in [5, 5.41) is 2.88. The third-order valence-corrected chi connectivity index (χ3v) is 3.66. The maximum Gasteiger partial charge on any atom is 0.225 e. The number of hydrogen-bond acceptors (Lipinski definition) is 4. The smallest absolute Gasteiger partial charge is 0.225 e. The number of anilines is 1. The average Bonchev–Trinajstić information content (AvgIpc) is 2.55. The second kappa shape index (κ2) is 8.38. The number of ether oxygens (including phenoxy) is 1. The fraction of sp³-hybridized carbons (Fsp3) is 0.500. The number of rotatable bonds is 7. The molecule has 6 heteroatoms. The lowest BCUT2D eigenvalue weighted by molar-refractivity contribution is -0.120. The quantitative estimate of drug-likeness (QED) is 0.769. The predicted octanol–water partition coefficient (Wildman–Crippen LogP) is 1.19. The van der Waals surface area contributed by atoms with Gasteiger partial charge in [0.05, 0.1) is 6.61 Å². The van der Waals surface area contributed by atoms with E-state index in [9.17, 15) is 9.59 Å². The molecule has 2 amide bonds. The summed E-state index contributed by atoms with van der Waals surface area (Å²) in [6.07, 6.45) is 1.34. The molecule has 0 spiro atoms. The lowest BCUT2D eigenvalue weighted by Gasteiger charge is -2.32. The van der Waals surface area contributed by atoms with Crippen molar-refractivity contribution in [1.82, 2.24) is 9.80 Å². The van der Waals surface area contributed by atoms with Gasteiger partial charge in [0.15, 0.2) is 0 Å². The summed E-state index contributed by atoms with van der Waals surface area (Å²) in [5.41, 5.74) is 0.777. The fourth-order valence-electron chi connectivity index (χ4n) is 2.38. The highest BCUT2D eigenvalue weighted by molar-refractivity contribution is 5.90. The van der Waals surface area contributed by atoms with Crippen LogP contribution >= 0.6 is 0 Å². The summed E-state index contributed by atoms with van der Waals surface area (Å²) in [5.74, 6) is 0.801. The van der Waals surface area contributed by atoms with Crippen LogP contribution in [0.2, 0.25) is 0 Å². The van der Waals surface area contributed by atoms with E-state index in [4.69, 9.17) is 4.74 Å². The number of benzene rings is 1. The van der Waals surface area contributed by atoms with Crippen molar-refractivity contribution in [2.45, 2.75) is 13.3 Å². The Labute approximate surface area is 131 Å². The van der Waals surface area contributed by atoms with Crippen LogP contribution in [-0.4, -0.2) is 61.4 Å². The highest BCUT2D eigenvalue weighted by Gasteiger charge is 2.15. The topological polar surface area (TPSA) is 61.9 Å². The van der Waals surface area contributed by atoms with Gasteiger partial charge in [-0.25, -0.2) is 0 Å². The van der Waals surface area contributed by atoms with Crippen molar-refractivity contribution in [2.75, 3.05) is 44.6 Å². The molecule has 0 aliphatic carbocycles. The number of nitrogens with zero attached hydrogens (tertiary/aromatic N) is 2. The van der Waals surface area contributed by atoms with Gasteiger partial charge >= 0.3 is 0 Å². The van der Waals surface area contributed by atoms with Crippen molar-refractivity contribution in [3.63, 3.8) is 0 Å². The van der Waals surface area contributed by atoms with Gasteiger partial charge in [0.2, 0.25) is 12.3 Å². The Morgan fingerprint density at radius 1 is 1.23 bits per heavy atom. The van der Waals surface area contributed by atoms with E-state index in [1.165, 1.54) is 0 Å². The van der Waals surface area contributed by atoms with Gasteiger partial charge in [-0.05, 0) is 31.2 Å². The largest absolute Gasteiger partial charge is 0.494 e. The molecule has 1 aromatic rings. The molecule has 1 saturated heterocycles. The molecule has 0 bridgehead atoms. The van der Waals surface area contributed by atoms with Crippen molar-refractivity contribution < 1.29 is 14.3 Å². The van der Waals surface area contributed by atoms with Gasteiger partial charge in [-0.1, -0.05) is 0 Å². The van der Waals surface area contributed by atoms with E-state index >= 15 is 0 Å². The standard InChI is InChI=1S/C16H23N3O3/c1-2-22-15-5-3-14(4-6-15)17-16(21)7-8-18-9-11-19(13-20)12-10-18/h3-6,13H,2,7-12H2,1H3,(H,17,21). The van der Waals surface area contributed by atoms with Gasteiger partial charge in [0.1, 0.15) is 5.75 Å². The maximum absolute atomic E-state index is 12.0. The van der Waals surface area contributed by atoms with Crippen LogP contribution in [0.3, 0.4) is 0 Å². The number of hydrogen-bond donors (Lipinski definition) is 1. The molecule has 1 aliphatic rings. The summed E-state index contributed by atoms with van der Waals surface area (Å²) in [4.78, 5) is 26.6. The van der Waals surface area contributed by atoms with E-state index in [-0.39, 0.29) is 5.91 Å². The first-order valence-electron chi connectivity index (χ1n) is 7.65. The second-order valence-corrected chi connectivity index (χ2v) is 5.24. The number of carbonyl (C=O) groups is 2. The molecule has 0 unspecified atom stereocenters. The van der Waals surface area contributed by atoms with Crippen LogP contribution in [0.1, 0.15) is 13.3 Å². The summed E-state index contributed by atoms with van der Waals surface area (Å²) < 4.78 is 5.36. The molecule has 0 radical (unpaired) electrons. The van der Waals surface area contributed by atoms with Crippen LogP contribution in [0.5, 0.6) is 5.75 Å². The van der Waals surface area contributed by atoms with Crippen LogP contribution in [0, 0.1) is 0 Å². The minimum atomic E-state index is 0.00183. The Bertz CT molecular complexity index is 482. The lowest BCUT2D eigenvalue weighted by atomic mass is 10.2. The van der Waals surface area contributed by atoms with Gasteiger partial charge in [0.25, 0.3) is 0 Å². The number of nitrogens with one attached hydrogen (secondary N) is 1. The van der Waals surface area contributed by atoms with E-state index in [2.05, 4.69) is 10.2 Å². The van der Waals surface area contributed by atoms with Crippen LogP contribution in [-0.2, 0) is 9.59 Å². The second-order valence-electron chi connectivity index (χ2n) is 5.24. The van der Waals surface area contributed by atoms with E-state index in [0.717, 1.165) is 50.6 Å². The summed E-state index contributed by atoms with van der Waals surface area (Å²) in [6, 6.07) is 7.37. The predicted molar refractivity (Wildman–Crippen MR) is 84.9 cm³/mol. The molecule has 0 atom stereocenters. The molecule has 1 aliphatic heterocycles. The summed E-state index contributed by atoms with van der Waals surface area (Å²) in [7, 11) is 0. The highest BCUT2D eigenvalue weighted by atomic mass is 16.5. The molecular formula is C16H23N3O3. The fourth-order valence-corrected chi connectivity index (χ4v) is 2.38. The lowest BCUT2D eigenvalue weighted by Crippen LogP contribution is -2.46. The zero-order valence-corrected chi connectivity index (χ0v) is 13.0. The molecule has 1 fully saturated rings.